The fourth-order valence-electron chi connectivity index (χ4n) is 9.83. The number of para-hydroxylation sites is 2. The molecule has 0 N–H and O–H groups in total. The zero-order valence-corrected chi connectivity index (χ0v) is 35.6. The van der Waals surface area contributed by atoms with E-state index < -0.39 is 0 Å². The minimum atomic E-state index is 0.652. The van der Waals surface area contributed by atoms with Crippen LogP contribution in [0.3, 0.4) is 0 Å². The third kappa shape index (κ3) is 5.32. The van der Waals surface area contributed by atoms with E-state index in [4.69, 9.17) is 19.4 Å². The molecule has 0 radical (unpaired) electrons. The van der Waals surface area contributed by atoms with Gasteiger partial charge in [-0.25, -0.2) is 15.0 Å². The summed E-state index contributed by atoms with van der Waals surface area (Å²) in [5.74, 6) is 1.98. The Kier molecular flexibility index (Phi) is 7.66. The van der Waals surface area contributed by atoms with Gasteiger partial charge in [0.15, 0.2) is 17.5 Å². The molecule has 0 aliphatic heterocycles. The van der Waals surface area contributed by atoms with Crippen LogP contribution in [0.15, 0.2) is 199 Å². The summed E-state index contributed by atoms with van der Waals surface area (Å²) in [6.07, 6.45) is 0. The van der Waals surface area contributed by atoms with Crippen molar-refractivity contribution in [3.63, 3.8) is 0 Å². The third-order valence-corrected chi connectivity index (χ3v) is 15.0. The molecule has 0 saturated heterocycles. The Hall–Kier alpha value is -7.97. The molecule has 0 amide bonds. The Morgan fingerprint density at radius 3 is 1.86 bits per heavy atom. The number of thiophene rings is 2. The molecule has 7 heteroatoms. The molecule has 5 nitrogen and oxygen atoms in total. The molecular formula is C57H32N4OS2. The van der Waals surface area contributed by atoms with Crippen LogP contribution in [0, 0.1) is 0 Å². The highest BCUT2D eigenvalue weighted by atomic mass is 32.1. The second-order valence-corrected chi connectivity index (χ2v) is 18.4. The fourth-order valence-corrected chi connectivity index (χ4v) is 12.2. The fraction of sp³-hybridized carbons (Fsp3) is 0. The summed E-state index contributed by atoms with van der Waals surface area (Å²) >= 11 is 3.59. The standard InChI is InChI=1S/C57H32N4OS2/c1-2-13-33(14-3-1)55-58-56(60-57(59-55)43-21-10-19-40-39-17-6-9-25-49(39)64-54(40)43)42-20-12-26-50-53(42)41-29-27-34(31-51(41)63-50)36-18-11-24-48-52(36)44-32-35(28-30-47(44)62-48)61-45-22-7-4-15-37(45)38-16-5-8-23-46(38)61/h1-32H. The van der Waals surface area contributed by atoms with Crippen LogP contribution in [0.5, 0.6) is 0 Å². The molecule has 0 atom stereocenters. The molecule has 0 unspecified atom stereocenters. The molecule has 14 rings (SSSR count). The highest BCUT2D eigenvalue weighted by Crippen LogP contribution is 2.45. The van der Waals surface area contributed by atoms with Crippen molar-refractivity contribution in [2.75, 3.05) is 0 Å². The van der Waals surface area contributed by atoms with E-state index in [2.05, 4.69) is 180 Å². The van der Waals surface area contributed by atoms with Gasteiger partial charge in [0.25, 0.3) is 0 Å². The van der Waals surface area contributed by atoms with Crippen molar-refractivity contribution >= 4 is 107 Å². The van der Waals surface area contributed by atoms with Gasteiger partial charge in [0, 0.05) is 84.3 Å². The van der Waals surface area contributed by atoms with E-state index in [1.165, 1.54) is 56.8 Å². The Labute approximate surface area is 373 Å². The number of rotatable bonds is 5. The van der Waals surface area contributed by atoms with Gasteiger partial charge in [0.05, 0.1) is 11.0 Å². The lowest BCUT2D eigenvalue weighted by Crippen LogP contribution is -2.00. The first kappa shape index (κ1) is 35.6. The molecule has 0 bridgehead atoms. The van der Waals surface area contributed by atoms with Crippen LogP contribution in [0.2, 0.25) is 0 Å². The molecule has 0 aliphatic carbocycles. The van der Waals surface area contributed by atoms with Crippen LogP contribution in [0.25, 0.3) is 135 Å². The second-order valence-electron chi connectivity index (χ2n) is 16.3. The zero-order valence-electron chi connectivity index (χ0n) is 34.0. The topological polar surface area (TPSA) is 56.7 Å². The van der Waals surface area contributed by atoms with Crippen molar-refractivity contribution in [3.05, 3.63) is 194 Å². The van der Waals surface area contributed by atoms with Gasteiger partial charge in [0.1, 0.15) is 11.2 Å². The van der Waals surface area contributed by atoms with Crippen LogP contribution < -0.4 is 0 Å². The van der Waals surface area contributed by atoms with E-state index in [0.717, 1.165) is 60.8 Å². The maximum atomic E-state index is 6.56. The normalized spacial score (nSPS) is 12.1. The summed E-state index contributed by atoms with van der Waals surface area (Å²) in [7, 11) is 0. The molecule has 0 fully saturated rings. The number of benzene rings is 9. The SMILES string of the molecule is c1ccc(-c2nc(-c3cccc4c3sc3ccccc34)nc(-c3cccc4sc5cc(-c6cccc7oc8ccc(-n9c%10ccccc%10c%10ccccc%109)cc8c67)ccc5c34)n2)cc1. The van der Waals surface area contributed by atoms with E-state index in [-0.39, 0.29) is 0 Å². The van der Waals surface area contributed by atoms with E-state index >= 15 is 0 Å². The van der Waals surface area contributed by atoms with Gasteiger partial charge in [0.2, 0.25) is 0 Å². The lowest BCUT2D eigenvalue weighted by atomic mass is 9.97. The summed E-state index contributed by atoms with van der Waals surface area (Å²) in [6.45, 7) is 0. The number of aromatic nitrogens is 4. The third-order valence-electron chi connectivity index (χ3n) is 12.7. The zero-order chi connectivity index (χ0) is 41.9. The number of nitrogens with zero attached hydrogens (tertiary/aromatic N) is 4. The predicted molar refractivity (Wildman–Crippen MR) is 269 cm³/mol. The van der Waals surface area contributed by atoms with Crippen molar-refractivity contribution in [2.45, 2.75) is 0 Å². The monoisotopic (exact) mass is 852 g/mol. The maximum absolute atomic E-state index is 6.56. The maximum Gasteiger partial charge on any atom is 0.165 e. The first-order valence-corrected chi connectivity index (χ1v) is 23.0. The predicted octanol–water partition coefficient (Wildman–Crippen LogP) is 16.3. The minimum Gasteiger partial charge on any atom is -0.456 e. The average molecular weight is 853 g/mol. The smallest absolute Gasteiger partial charge is 0.165 e. The van der Waals surface area contributed by atoms with Crippen molar-refractivity contribution in [2.24, 2.45) is 0 Å². The Bertz CT molecular complexity index is 4160. The Morgan fingerprint density at radius 1 is 0.359 bits per heavy atom. The number of furan rings is 1. The van der Waals surface area contributed by atoms with Gasteiger partial charge >= 0.3 is 0 Å². The largest absolute Gasteiger partial charge is 0.456 e. The summed E-state index contributed by atoms with van der Waals surface area (Å²) in [5.41, 5.74) is 10.4. The number of hydrogen-bond acceptors (Lipinski definition) is 6. The molecule has 5 aromatic heterocycles. The molecule has 0 aliphatic rings. The van der Waals surface area contributed by atoms with Crippen molar-refractivity contribution in [1.29, 1.82) is 0 Å². The van der Waals surface area contributed by atoms with E-state index in [9.17, 15) is 0 Å². The Morgan fingerprint density at radius 2 is 1.02 bits per heavy atom. The van der Waals surface area contributed by atoms with Crippen molar-refractivity contribution in [1.82, 2.24) is 19.5 Å². The van der Waals surface area contributed by atoms with Gasteiger partial charge in [-0.3, -0.25) is 0 Å². The summed E-state index contributed by atoms with van der Waals surface area (Å²) in [5, 5.41) is 9.47. The van der Waals surface area contributed by atoms with Crippen LogP contribution in [0.4, 0.5) is 0 Å². The molecule has 5 heterocycles. The van der Waals surface area contributed by atoms with Gasteiger partial charge < -0.3 is 8.98 Å². The van der Waals surface area contributed by atoms with Gasteiger partial charge in [-0.15, -0.1) is 22.7 Å². The van der Waals surface area contributed by atoms with Crippen LogP contribution in [-0.4, -0.2) is 19.5 Å². The summed E-state index contributed by atoms with van der Waals surface area (Å²) < 4.78 is 13.7. The van der Waals surface area contributed by atoms with E-state index in [1.807, 2.05) is 18.2 Å². The van der Waals surface area contributed by atoms with Crippen LogP contribution in [-0.2, 0) is 0 Å². The minimum absolute atomic E-state index is 0.652. The molecule has 14 aromatic rings. The molecule has 9 aromatic carbocycles. The molecule has 298 valence electrons. The van der Waals surface area contributed by atoms with Gasteiger partial charge in [-0.1, -0.05) is 133 Å². The molecule has 0 saturated carbocycles. The number of fused-ring (bicyclic) bond motifs is 12. The quantitative estimate of drug-likeness (QED) is 0.173. The summed E-state index contributed by atoms with van der Waals surface area (Å²) in [4.78, 5) is 15.7. The number of hydrogen-bond donors (Lipinski definition) is 0. The van der Waals surface area contributed by atoms with Crippen LogP contribution >= 0.6 is 22.7 Å². The van der Waals surface area contributed by atoms with Crippen molar-refractivity contribution in [3.8, 4) is 51.0 Å². The van der Waals surface area contributed by atoms with Crippen molar-refractivity contribution < 1.29 is 4.42 Å². The van der Waals surface area contributed by atoms with Gasteiger partial charge in [-0.05, 0) is 71.8 Å². The first-order chi connectivity index (χ1) is 31.7. The Balaban J connectivity index is 0.935. The lowest BCUT2D eigenvalue weighted by Gasteiger charge is -2.10. The highest BCUT2D eigenvalue weighted by Gasteiger charge is 2.21. The van der Waals surface area contributed by atoms with E-state index in [0.29, 0.717) is 17.5 Å². The lowest BCUT2D eigenvalue weighted by molar-refractivity contribution is 0.669. The van der Waals surface area contributed by atoms with E-state index in [1.54, 1.807) is 22.7 Å². The van der Waals surface area contributed by atoms with Gasteiger partial charge in [-0.2, -0.15) is 0 Å². The van der Waals surface area contributed by atoms with Crippen LogP contribution in [0.1, 0.15) is 0 Å². The average Bonchev–Trinajstić information content (AvgIpc) is 4.12. The highest BCUT2D eigenvalue weighted by molar-refractivity contribution is 7.26. The summed E-state index contributed by atoms with van der Waals surface area (Å²) in [6, 6.07) is 68.9. The molecular weight excluding hydrogens is 821 g/mol. The second kappa shape index (κ2) is 13.8. The molecule has 64 heavy (non-hydrogen) atoms. The first-order valence-electron chi connectivity index (χ1n) is 21.3. The molecule has 0 spiro atoms.